The number of alkyl halides is 3. The Kier molecular flexibility index (Phi) is 4.97. The van der Waals surface area contributed by atoms with Crippen molar-refractivity contribution >= 4 is 46.1 Å². The molecule has 5 N–H and O–H groups in total. The van der Waals surface area contributed by atoms with Crippen molar-refractivity contribution in [3.8, 4) is 0 Å². The molecule has 34 heavy (non-hydrogen) atoms. The molecule has 1 saturated carbocycles. The third-order valence-corrected chi connectivity index (χ3v) is 7.24. The van der Waals surface area contributed by atoms with Crippen LogP contribution in [0.5, 0.6) is 0 Å². The molecular formula is C23H27BF3N4O3+. The molecule has 1 atom stereocenters. The summed E-state index contributed by atoms with van der Waals surface area (Å²) in [5.41, 5.74) is 6.41. The molecule has 3 heterocycles. The highest BCUT2D eigenvalue weighted by atomic mass is 19.4. The van der Waals surface area contributed by atoms with Crippen LogP contribution >= 0.6 is 0 Å². The van der Waals surface area contributed by atoms with Crippen LogP contribution in [0.3, 0.4) is 0 Å². The molecule has 3 aromatic rings. The largest absolute Gasteiger partial charge is 0.494 e. The first-order valence-electron chi connectivity index (χ1n) is 11.3. The van der Waals surface area contributed by atoms with Gasteiger partial charge in [-0.3, -0.25) is 10.1 Å². The standard InChI is InChI=1S/C23H26BF3N4O3/c1-21(2)22(3,4)34-24(33-21)12-7-8-13-15(9-12)30-17-14(19(28)32)10-29-20(16(13)17)31-18(11-5-6-11)23(25,26)27/h7-11,18,30H,5-6H2,1-4H3,(H2,28,32)(H,29,31)/p+1/t18-/m1/s1. The molecule has 1 amide bonds. The van der Waals surface area contributed by atoms with E-state index in [1.54, 1.807) is 6.07 Å². The van der Waals surface area contributed by atoms with Crippen LogP contribution in [0, 0.1) is 5.92 Å². The van der Waals surface area contributed by atoms with Gasteiger partial charge >= 0.3 is 13.3 Å². The number of hydrogen-bond acceptors (Lipinski definition) is 4. The minimum absolute atomic E-state index is 0.156. The van der Waals surface area contributed by atoms with Gasteiger partial charge < -0.3 is 20.0 Å². The second kappa shape index (κ2) is 7.35. The van der Waals surface area contributed by atoms with E-state index in [4.69, 9.17) is 15.0 Å². The predicted molar refractivity (Wildman–Crippen MR) is 123 cm³/mol. The molecular weight excluding hydrogens is 448 g/mol. The van der Waals surface area contributed by atoms with Crippen molar-refractivity contribution in [2.45, 2.75) is 64.0 Å². The van der Waals surface area contributed by atoms with Gasteiger partial charge in [0.2, 0.25) is 0 Å². The number of nitrogens with two attached hydrogens (primary N) is 1. The Morgan fingerprint density at radius 2 is 1.88 bits per heavy atom. The van der Waals surface area contributed by atoms with Gasteiger partial charge in [-0.05, 0) is 52.1 Å². The first kappa shape index (κ1) is 23.0. The van der Waals surface area contributed by atoms with Crippen LogP contribution in [0.2, 0.25) is 0 Å². The Morgan fingerprint density at radius 1 is 1.24 bits per heavy atom. The Labute approximate surface area is 194 Å². The first-order chi connectivity index (χ1) is 15.8. The number of fused-ring (bicyclic) bond motifs is 3. The molecule has 180 valence electrons. The van der Waals surface area contributed by atoms with Gasteiger partial charge in [0.1, 0.15) is 11.8 Å². The molecule has 0 unspecified atom stereocenters. The number of carbonyl (C=O) groups is 1. The van der Waals surface area contributed by atoms with Crippen LogP contribution in [0.15, 0.2) is 24.4 Å². The Balaban J connectivity index is 1.62. The molecule has 2 aliphatic rings. The van der Waals surface area contributed by atoms with E-state index in [1.165, 1.54) is 6.20 Å². The summed E-state index contributed by atoms with van der Waals surface area (Å²) >= 11 is 0. The predicted octanol–water partition coefficient (Wildman–Crippen LogP) is 3.29. The number of anilines is 1. The number of aromatic nitrogens is 2. The van der Waals surface area contributed by atoms with Gasteiger partial charge in [-0.1, -0.05) is 12.1 Å². The van der Waals surface area contributed by atoms with E-state index in [0.717, 1.165) is 5.46 Å². The summed E-state index contributed by atoms with van der Waals surface area (Å²) in [6.07, 6.45) is -2.03. The number of pyridine rings is 1. The van der Waals surface area contributed by atoms with Crippen LogP contribution in [0.4, 0.5) is 19.0 Å². The van der Waals surface area contributed by atoms with Crippen LogP contribution in [-0.2, 0) is 9.31 Å². The summed E-state index contributed by atoms with van der Waals surface area (Å²) in [4.78, 5) is 18.1. The van der Waals surface area contributed by atoms with E-state index in [0.29, 0.717) is 34.6 Å². The molecule has 7 nitrogen and oxygen atoms in total. The number of benzene rings is 1. The van der Waals surface area contributed by atoms with E-state index in [1.807, 2.05) is 39.8 Å². The highest BCUT2D eigenvalue weighted by molar-refractivity contribution is 6.62. The summed E-state index contributed by atoms with van der Waals surface area (Å²) in [6.45, 7) is 7.83. The summed E-state index contributed by atoms with van der Waals surface area (Å²) < 4.78 is 53.4. The minimum atomic E-state index is -4.40. The lowest BCUT2D eigenvalue weighted by Gasteiger charge is -2.32. The Bertz CT molecular complexity index is 1280. The molecule has 0 radical (unpaired) electrons. The van der Waals surface area contributed by atoms with Gasteiger partial charge in [0, 0.05) is 16.8 Å². The van der Waals surface area contributed by atoms with E-state index < -0.39 is 42.4 Å². The fourth-order valence-electron chi connectivity index (χ4n) is 4.45. The van der Waals surface area contributed by atoms with E-state index in [9.17, 15) is 18.0 Å². The molecule has 0 spiro atoms. The quantitative estimate of drug-likeness (QED) is 0.493. The Hall–Kier alpha value is -2.79. The fraction of sp³-hybridized carbons (Fsp3) is 0.478. The second-order valence-corrected chi connectivity index (χ2v) is 10.2. The van der Waals surface area contributed by atoms with Gasteiger partial charge in [-0.25, -0.2) is 4.98 Å². The topological polar surface area (TPSA) is 104 Å². The third kappa shape index (κ3) is 3.71. The third-order valence-electron chi connectivity index (χ3n) is 7.24. The zero-order valence-electron chi connectivity index (χ0n) is 19.4. The summed E-state index contributed by atoms with van der Waals surface area (Å²) in [6, 6.07) is 3.76. The zero-order chi connectivity index (χ0) is 24.6. The normalized spacial score (nSPS) is 20.7. The monoisotopic (exact) mass is 475 g/mol. The van der Waals surface area contributed by atoms with Gasteiger partial charge in [0.15, 0.2) is 6.04 Å². The zero-order valence-corrected chi connectivity index (χ0v) is 19.4. The van der Waals surface area contributed by atoms with E-state index in [2.05, 4.69) is 15.3 Å². The Morgan fingerprint density at radius 3 is 2.44 bits per heavy atom. The number of rotatable bonds is 5. The number of H-pyrrole nitrogens is 2. The van der Waals surface area contributed by atoms with Gasteiger partial charge in [-0.15, -0.1) is 0 Å². The second-order valence-electron chi connectivity index (χ2n) is 10.2. The number of aromatic amines is 2. The maximum absolute atomic E-state index is 13.7. The van der Waals surface area contributed by atoms with Gasteiger partial charge in [0.25, 0.3) is 11.7 Å². The van der Waals surface area contributed by atoms with Crippen molar-refractivity contribution < 1.29 is 32.3 Å². The number of amides is 1. The first-order valence-corrected chi connectivity index (χ1v) is 11.3. The smallest absolute Gasteiger partial charge is 0.399 e. The highest BCUT2D eigenvalue weighted by Crippen LogP contribution is 2.43. The molecule has 1 aliphatic heterocycles. The lowest BCUT2D eigenvalue weighted by Crippen LogP contribution is -2.41. The van der Waals surface area contributed by atoms with E-state index in [-0.39, 0.29) is 11.4 Å². The number of halogens is 3. The molecule has 1 saturated heterocycles. The number of primary amides is 1. The molecule has 11 heteroatoms. The average Bonchev–Trinajstić information content (AvgIpc) is 3.43. The van der Waals surface area contributed by atoms with Crippen molar-refractivity contribution in [1.82, 2.24) is 4.98 Å². The van der Waals surface area contributed by atoms with Crippen molar-refractivity contribution in [1.29, 1.82) is 0 Å². The van der Waals surface area contributed by atoms with Crippen LogP contribution in [0.25, 0.3) is 21.8 Å². The molecule has 2 fully saturated rings. The fourth-order valence-corrected chi connectivity index (χ4v) is 4.45. The molecule has 1 aliphatic carbocycles. The molecule has 2 aromatic heterocycles. The maximum atomic E-state index is 13.7. The highest BCUT2D eigenvalue weighted by Gasteiger charge is 2.53. The maximum Gasteiger partial charge on any atom is 0.494 e. The van der Waals surface area contributed by atoms with E-state index >= 15 is 0 Å². The van der Waals surface area contributed by atoms with Crippen molar-refractivity contribution in [2.24, 2.45) is 11.7 Å². The van der Waals surface area contributed by atoms with Crippen molar-refractivity contribution in [2.75, 3.05) is 5.32 Å². The SMILES string of the molecule is CC1(C)OB(c2ccc3c(c2)[nH]c2c(C(N)=O)c[nH+]c(N[C@H](C4CC4)C(F)(F)F)c23)OC1(C)C. The lowest BCUT2D eigenvalue weighted by molar-refractivity contribution is -0.360. The molecule has 0 bridgehead atoms. The van der Waals surface area contributed by atoms with Gasteiger partial charge in [-0.2, -0.15) is 13.2 Å². The number of nitrogens with one attached hydrogen (secondary N) is 3. The summed E-state index contributed by atoms with van der Waals surface area (Å²) in [7, 11) is -0.606. The van der Waals surface area contributed by atoms with Crippen LogP contribution < -0.4 is 21.5 Å². The van der Waals surface area contributed by atoms with Crippen LogP contribution in [-0.4, -0.2) is 41.4 Å². The average molecular weight is 475 g/mol. The summed E-state index contributed by atoms with van der Waals surface area (Å²) in [5, 5.41) is 3.75. The number of carbonyl (C=O) groups excluding carboxylic acids is 1. The molecule has 1 aromatic carbocycles. The van der Waals surface area contributed by atoms with Crippen molar-refractivity contribution in [3.63, 3.8) is 0 Å². The lowest BCUT2D eigenvalue weighted by atomic mass is 9.79. The van der Waals surface area contributed by atoms with Crippen LogP contribution in [0.1, 0.15) is 50.9 Å². The van der Waals surface area contributed by atoms with Gasteiger partial charge in [0.05, 0.1) is 22.1 Å². The molecule has 5 rings (SSSR count). The minimum Gasteiger partial charge on any atom is -0.399 e. The van der Waals surface area contributed by atoms with Crippen molar-refractivity contribution in [3.05, 3.63) is 30.0 Å². The number of hydrogen-bond donors (Lipinski definition) is 3. The summed E-state index contributed by atoms with van der Waals surface area (Å²) in [5.74, 6) is -0.983.